The van der Waals surface area contributed by atoms with Crippen LogP contribution in [0.5, 0.6) is 11.5 Å². The normalized spacial score (nSPS) is 13.0. The summed E-state index contributed by atoms with van der Waals surface area (Å²) in [5, 5.41) is 3.33. The van der Waals surface area contributed by atoms with Gasteiger partial charge in [-0.25, -0.2) is 4.98 Å². The number of fused-ring (bicyclic) bond motifs is 2. The molecule has 3 aromatic rings. The molecule has 0 unspecified atom stereocenters. The maximum absolute atomic E-state index is 5.43. The Labute approximate surface area is 128 Å². The van der Waals surface area contributed by atoms with Crippen LogP contribution in [0.4, 0.5) is 0 Å². The van der Waals surface area contributed by atoms with Crippen LogP contribution in [0.25, 0.3) is 16.9 Å². The predicted octanol–water partition coefficient (Wildman–Crippen LogP) is 2.84. The van der Waals surface area contributed by atoms with Gasteiger partial charge < -0.3 is 19.2 Å². The molecule has 0 aliphatic carbocycles. The summed E-state index contributed by atoms with van der Waals surface area (Å²) in [4.78, 5) is 4.72. The van der Waals surface area contributed by atoms with Crippen molar-refractivity contribution in [3.8, 4) is 22.8 Å². The first kappa shape index (κ1) is 13.2. The third kappa shape index (κ3) is 2.29. The summed E-state index contributed by atoms with van der Waals surface area (Å²) >= 11 is 0. The average molecular weight is 295 g/mol. The molecule has 22 heavy (non-hydrogen) atoms. The molecule has 112 valence electrons. The number of nitrogens with one attached hydrogen (secondary N) is 1. The zero-order valence-corrected chi connectivity index (χ0v) is 12.4. The van der Waals surface area contributed by atoms with Crippen molar-refractivity contribution >= 4 is 5.65 Å². The minimum absolute atomic E-state index is 0.289. The SMILES string of the molecule is CCNCc1ccn2cc(-c3ccc4c(c3)OCO4)nc2c1. The van der Waals surface area contributed by atoms with Gasteiger partial charge in [-0.3, -0.25) is 0 Å². The van der Waals surface area contributed by atoms with Gasteiger partial charge in [0.05, 0.1) is 5.69 Å². The van der Waals surface area contributed by atoms with Crippen LogP contribution in [0.2, 0.25) is 0 Å². The topological polar surface area (TPSA) is 47.8 Å². The molecule has 0 atom stereocenters. The summed E-state index contributed by atoms with van der Waals surface area (Å²) in [5.41, 5.74) is 4.14. The number of nitrogens with zero attached hydrogens (tertiary/aromatic N) is 2. The van der Waals surface area contributed by atoms with Gasteiger partial charge in [-0.1, -0.05) is 6.92 Å². The van der Waals surface area contributed by atoms with Gasteiger partial charge in [0.25, 0.3) is 0 Å². The number of hydrogen-bond donors (Lipinski definition) is 1. The molecule has 4 rings (SSSR count). The first-order chi connectivity index (χ1) is 10.8. The number of pyridine rings is 1. The van der Waals surface area contributed by atoms with Crippen molar-refractivity contribution in [1.29, 1.82) is 0 Å². The van der Waals surface area contributed by atoms with Gasteiger partial charge in [0.1, 0.15) is 5.65 Å². The Hall–Kier alpha value is -2.53. The molecule has 0 amide bonds. The molecule has 0 saturated heterocycles. The molecule has 0 saturated carbocycles. The van der Waals surface area contributed by atoms with E-state index in [4.69, 9.17) is 14.5 Å². The number of imidazole rings is 1. The number of rotatable bonds is 4. The van der Waals surface area contributed by atoms with E-state index >= 15 is 0 Å². The van der Waals surface area contributed by atoms with Crippen molar-refractivity contribution in [2.45, 2.75) is 13.5 Å². The average Bonchev–Trinajstić information content (AvgIpc) is 3.17. The summed E-state index contributed by atoms with van der Waals surface area (Å²) in [6.45, 7) is 4.21. The van der Waals surface area contributed by atoms with Gasteiger partial charge >= 0.3 is 0 Å². The van der Waals surface area contributed by atoms with Crippen molar-refractivity contribution in [2.75, 3.05) is 13.3 Å². The highest BCUT2D eigenvalue weighted by molar-refractivity contribution is 5.66. The van der Waals surface area contributed by atoms with Crippen LogP contribution in [0.15, 0.2) is 42.7 Å². The zero-order chi connectivity index (χ0) is 14.9. The van der Waals surface area contributed by atoms with Crippen molar-refractivity contribution in [2.24, 2.45) is 0 Å². The lowest BCUT2D eigenvalue weighted by molar-refractivity contribution is 0.174. The standard InChI is InChI=1S/C17H17N3O2/c1-2-18-9-12-5-6-20-10-14(19-17(20)7-12)13-3-4-15-16(8-13)22-11-21-15/h3-8,10,18H,2,9,11H2,1H3. The first-order valence-electron chi connectivity index (χ1n) is 7.42. The van der Waals surface area contributed by atoms with Gasteiger partial charge in [-0.2, -0.15) is 0 Å². The minimum atomic E-state index is 0.289. The highest BCUT2D eigenvalue weighted by Crippen LogP contribution is 2.35. The molecule has 5 nitrogen and oxygen atoms in total. The lowest BCUT2D eigenvalue weighted by Crippen LogP contribution is -2.11. The fourth-order valence-electron chi connectivity index (χ4n) is 2.60. The van der Waals surface area contributed by atoms with Gasteiger partial charge in [-0.15, -0.1) is 0 Å². The second-order valence-electron chi connectivity index (χ2n) is 5.27. The van der Waals surface area contributed by atoms with Gasteiger partial charge in [0.15, 0.2) is 11.5 Å². The highest BCUT2D eigenvalue weighted by atomic mass is 16.7. The third-order valence-corrected chi connectivity index (χ3v) is 3.77. The van der Waals surface area contributed by atoms with Gasteiger partial charge in [-0.05, 0) is 42.4 Å². The van der Waals surface area contributed by atoms with Gasteiger partial charge in [0, 0.05) is 24.5 Å². The third-order valence-electron chi connectivity index (χ3n) is 3.77. The van der Waals surface area contributed by atoms with E-state index < -0.39 is 0 Å². The Balaban J connectivity index is 1.70. The van der Waals surface area contributed by atoms with E-state index in [2.05, 4.69) is 24.4 Å². The Morgan fingerprint density at radius 2 is 2.09 bits per heavy atom. The summed E-state index contributed by atoms with van der Waals surface area (Å²) in [5.74, 6) is 1.57. The fraction of sp³-hybridized carbons (Fsp3) is 0.235. The van der Waals surface area contributed by atoms with Crippen LogP contribution in [0, 0.1) is 0 Å². The molecule has 0 radical (unpaired) electrons. The van der Waals surface area contributed by atoms with Gasteiger partial charge in [0.2, 0.25) is 6.79 Å². The Bertz CT molecular complexity index is 826. The molecule has 3 heterocycles. The molecule has 1 aromatic carbocycles. The molecule has 0 fully saturated rings. The number of hydrogen-bond acceptors (Lipinski definition) is 4. The maximum atomic E-state index is 5.43. The van der Waals surface area contributed by atoms with Crippen molar-refractivity contribution in [3.63, 3.8) is 0 Å². The Morgan fingerprint density at radius 1 is 1.18 bits per heavy atom. The molecular weight excluding hydrogens is 278 g/mol. The van der Waals surface area contributed by atoms with Crippen LogP contribution < -0.4 is 14.8 Å². The predicted molar refractivity (Wildman–Crippen MR) is 84.1 cm³/mol. The number of ether oxygens (including phenoxy) is 2. The molecule has 1 N–H and O–H groups in total. The second kappa shape index (κ2) is 5.35. The van der Waals surface area contributed by atoms with Crippen LogP contribution >= 0.6 is 0 Å². The van der Waals surface area contributed by atoms with E-state index in [9.17, 15) is 0 Å². The molecule has 1 aliphatic rings. The Kier molecular flexibility index (Phi) is 3.20. The number of benzene rings is 1. The fourth-order valence-corrected chi connectivity index (χ4v) is 2.60. The summed E-state index contributed by atoms with van der Waals surface area (Å²) in [7, 11) is 0. The zero-order valence-electron chi connectivity index (χ0n) is 12.4. The molecule has 5 heteroatoms. The quantitative estimate of drug-likeness (QED) is 0.804. The summed E-state index contributed by atoms with van der Waals surface area (Å²) in [6, 6.07) is 10.1. The van der Waals surface area contributed by atoms with Crippen molar-refractivity contribution < 1.29 is 9.47 Å². The van der Waals surface area contributed by atoms with E-state index in [0.717, 1.165) is 41.5 Å². The van der Waals surface area contributed by atoms with Crippen molar-refractivity contribution in [1.82, 2.24) is 14.7 Å². The molecule has 0 bridgehead atoms. The number of aromatic nitrogens is 2. The highest BCUT2D eigenvalue weighted by Gasteiger charge is 2.15. The first-order valence-corrected chi connectivity index (χ1v) is 7.42. The lowest BCUT2D eigenvalue weighted by atomic mass is 10.1. The summed E-state index contributed by atoms with van der Waals surface area (Å²) in [6.07, 6.45) is 4.08. The monoisotopic (exact) mass is 295 g/mol. The van der Waals surface area contributed by atoms with E-state index in [1.54, 1.807) is 0 Å². The molecule has 1 aliphatic heterocycles. The van der Waals surface area contributed by atoms with E-state index in [1.807, 2.05) is 35.0 Å². The van der Waals surface area contributed by atoms with Crippen LogP contribution in [-0.2, 0) is 6.54 Å². The minimum Gasteiger partial charge on any atom is -0.454 e. The lowest BCUT2D eigenvalue weighted by Gasteiger charge is -2.01. The Morgan fingerprint density at radius 3 is 3.00 bits per heavy atom. The van der Waals surface area contributed by atoms with Crippen LogP contribution in [0.3, 0.4) is 0 Å². The molecule has 2 aromatic heterocycles. The van der Waals surface area contributed by atoms with Crippen LogP contribution in [0.1, 0.15) is 12.5 Å². The maximum Gasteiger partial charge on any atom is 0.231 e. The van der Waals surface area contributed by atoms with Crippen LogP contribution in [-0.4, -0.2) is 22.7 Å². The molecular formula is C17H17N3O2. The van der Waals surface area contributed by atoms with E-state index in [1.165, 1.54) is 5.56 Å². The smallest absolute Gasteiger partial charge is 0.231 e. The van der Waals surface area contributed by atoms with Crippen molar-refractivity contribution in [3.05, 3.63) is 48.3 Å². The summed E-state index contributed by atoms with van der Waals surface area (Å²) < 4.78 is 12.8. The molecule has 0 spiro atoms. The largest absolute Gasteiger partial charge is 0.454 e. The van der Waals surface area contributed by atoms with E-state index in [-0.39, 0.29) is 6.79 Å². The van der Waals surface area contributed by atoms with E-state index in [0.29, 0.717) is 0 Å². The second-order valence-corrected chi connectivity index (χ2v) is 5.27.